The maximum absolute atomic E-state index is 12.1. The van der Waals surface area contributed by atoms with E-state index < -0.39 is 6.09 Å². The lowest BCUT2D eigenvalue weighted by molar-refractivity contribution is -0.140. The minimum absolute atomic E-state index is 0.166. The van der Waals surface area contributed by atoms with Crippen molar-refractivity contribution in [1.82, 2.24) is 10.5 Å². The summed E-state index contributed by atoms with van der Waals surface area (Å²) in [6.07, 6.45) is 0.106. The molecule has 0 unspecified atom stereocenters. The first kappa shape index (κ1) is 21.2. The summed E-state index contributed by atoms with van der Waals surface area (Å²) >= 11 is 12.6. The lowest BCUT2D eigenvalue weighted by Crippen LogP contribution is -2.42. The van der Waals surface area contributed by atoms with Gasteiger partial charge in [-0.15, -0.1) is 16.7 Å². The fourth-order valence-corrected chi connectivity index (χ4v) is 3.71. The molecule has 7 nitrogen and oxygen atoms in total. The molecule has 2 N–H and O–H groups in total. The maximum Gasteiger partial charge on any atom is 0.423 e. The van der Waals surface area contributed by atoms with E-state index in [9.17, 15) is 9.59 Å². The molecule has 2 aromatic carbocycles. The van der Waals surface area contributed by atoms with Crippen LogP contribution in [-0.2, 0) is 39.7 Å². The van der Waals surface area contributed by atoms with Gasteiger partial charge < -0.3 is 9.47 Å². The zero-order valence-corrected chi connectivity index (χ0v) is 17.3. The highest BCUT2D eigenvalue weighted by Crippen LogP contribution is 2.37. The van der Waals surface area contributed by atoms with E-state index in [-0.39, 0.29) is 24.9 Å². The van der Waals surface area contributed by atoms with Crippen LogP contribution >= 0.6 is 23.2 Å². The molecule has 2 aromatic rings. The van der Waals surface area contributed by atoms with Crippen molar-refractivity contribution in [3.63, 3.8) is 0 Å². The highest BCUT2D eigenvalue weighted by Gasteiger charge is 2.27. The summed E-state index contributed by atoms with van der Waals surface area (Å²) in [5.41, 5.74) is 9.88. The Hall–Kier alpha value is -2.48. The number of anilines is 1. The molecule has 0 saturated carbocycles. The summed E-state index contributed by atoms with van der Waals surface area (Å²) in [5.74, 6) is -0.0472. The zero-order chi connectivity index (χ0) is 20.8. The summed E-state index contributed by atoms with van der Waals surface area (Å²) in [5, 5.41) is 1.97. The number of methoxy groups -OCH3 is 1. The van der Waals surface area contributed by atoms with Crippen molar-refractivity contribution in [2.45, 2.75) is 31.9 Å². The van der Waals surface area contributed by atoms with Gasteiger partial charge in [-0.25, -0.2) is 10.2 Å². The van der Waals surface area contributed by atoms with Crippen molar-refractivity contribution in [3.05, 3.63) is 63.7 Å². The summed E-state index contributed by atoms with van der Waals surface area (Å²) in [4.78, 5) is 23.6. The Balaban J connectivity index is 1.65. The van der Waals surface area contributed by atoms with Crippen LogP contribution in [0.25, 0.3) is 0 Å². The van der Waals surface area contributed by atoms with E-state index >= 15 is 0 Å². The number of hydrogen-bond donors (Lipinski definition) is 2. The number of amides is 1. The van der Waals surface area contributed by atoms with E-state index in [4.69, 9.17) is 32.7 Å². The second-order valence-electron chi connectivity index (χ2n) is 6.43. The molecule has 0 fully saturated rings. The SMILES string of the molecule is COC(=O)CCc1cc(Cl)c2c(c1CCl)CN(NC(=O)OCc1ccccc1)N2. The highest BCUT2D eigenvalue weighted by molar-refractivity contribution is 6.33. The third kappa shape index (κ3) is 5.32. The number of aryl methyl sites for hydroxylation is 1. The van der Waals surface area contributed by atoms with Crippen molar-refractivity contribution < 1.29 is 19.1 Å². The van der Waals surface area contributed by atoms with Gasteiger partial charge in [0.1, 0.15) is 6.61 Å². The number of alkyl halides is 1. The first-order chi connectivity index (χ1) is 14.0. The quantitative estimate of drug-likeness (QED) is 0.499. The Kier molecular flexibility index (Phi) is 7.19. The van der Waals surface area contributed by atoms with E-state index in [1.807, 2.05) is 30.3 Å². The molecule has 3 rings (SSSR count). The molecule has 0 spiro atoms. The van der Waals surface area contributed by atoms with E-state index in [1.165, 1.54) is 12.2 Å². The van der Waals surface area contributed by atoms with Crippen LogP contribution in [-0.4, -0.2) is 24.3 Å². The van der Waals surface area contributed by atoms with Gasteiger partial charge in [0, 0.05) is 17.9 Å². The predicted octanol–water partition coefficient (Wildman–Crippen LogP) is 4.17. The molecule has 154 valence electrons. The number of halogens is 2. The number of carbonyl (C=O) groups excluding carboxylic acids is 2. The fourth-order valence-electron chi connectivity index (χ4n) is 3.09. The van der Waals surface area contributed by atoms with Crippen molar-refractivity contribution in [3.8, 4) is 0 Å². The van der Waals surface area contributed by atoms with Crippen LogP contribution in [0.4, 0.5) is 10.5 Å². The molecule has 1 heterocycles. The van der Waals surface area contributed by atoms with Gasteiger partial charge in [0.2, 0.25) is 0 Å². The molecule has 1 amide bonds. The second-order valence-corrected chi connectivity index (χ2v) is 7.11. The van der Waals surface area contributed by atoms with Gasteiger partial charge in [0.15, 0.2) is 0 Å². The molecule has 1 aliphatic rings. The number of ether oxygens (including phenoxy) is 2. The highest BCUT2D eigenvalue weighted by atomic mass is 35.5. The van der Waals surface area contributed by atoms with Crippen LogP contribution in [0.5, 0.6) is 0 Å². The molecule has 1 aliphatic heterocycles. The average molecular weight is 438 g/mol. The lowest BCUT2D eigenvalue weighted by Gasteiger charge is -2.17. The molecule has 0 bridgehead atoms. The number of hydrazine groups is 2. The summed E-state index contributed by atoms with van der Waals surface area (Å²) in [7, 11) is 1.35. The van der Waals surface area contributed by atoms with Gasteiger partial charge in [-0.2, -0.15) is 0 Å². The van der Waals surface area contributed by atoms with Crippen molar-refractivity contribution in [2.75, 3.05) is 12.5 Å². The second kappa shape index (κ2) is 9.82. The number of benzene rings is 2. The van der Waals surface area contributed by atoms with E-state index in [2.05, 4.69) is 10.9 Å². The smallest absolute Gasteiger partial charge is 0.423 e. The Bertz CT molecular complexity index is 893. The number of carbonyl (C=O) groups is 2. The van der Waals surface area contributed by atoms with Crippen LogP contribution in [0.15, 0.2) is 36.4 Å². The summed E-state index contributed by atoms with van der Waals surface area (Å²) in [6.45, 7) is 0.516. The first-order valence-corrected chi connectivity index (χ1v) is 9.90. The number of esters is 1. The van der Waals surface area contributed by atoms with Crippen molar-refractivity contribution >= 4 is 41.0 Å². The number of rotatable bonds is 7. The van der Waals surface area contributed by atoms with Crippen LogP contribution in [0.3, 0.4) is 0 Å². The fraction of sp³-hybridized carbons (Fsp3) is 0.300. The molecular weight excluding hydrogens is 417 g/mol. The molecule has 0 aliphatic carbocycles. The molecular formula is C20H21Cl2N3O4. The van der Waals surface area contributed by atoms with E-state index in [0.29, 0.717) is 23.7 Å². The number of hydrogen-bond acceptors (Lipinski definition) is 6. The number of fused-ring (bicyclic) bond motifs is 1. The first-order valence-electron chi connectivity index (χ1n) is 8.99. The minimum atomic E-state index is -0.594. The maximum atomic E-state index is 12.1. The number of nitrogens with zero attached hydrogens (tertiary/aromatic N) is 1. The third-order valence-electron chi connectivity index (χ3n) is 4.56. The summed E-state index contributed by atoms with van der Waals surface area (Å²) < 4.78 is 9.93. The molecule has 9 heteroatoms. The molecule has 0 aromatic heterocycles. The van der Waals surface area contributed by atoms with Gasteiger partial charge in [0.05, 0.1) is 24.4 Å². The monoisotopic (exact) mass is 437 g/mol. The molecule has 0 saturated heterocycles. The third-order valence-corrected chi connectivity index (χ3v) is 5.12. The Morgan fingerprint density at radius 1 is 1.28 bits per heavy atom. The van der Waals surface area contributed by atoms with Gasteiger partial charge in [-0.1, -0.05) is 41.9 Å². The topological polar surface area (TPSA) is 79.9 Å². The van der Waals surface area contributed by atoms with Crippen LogP contribution in [0.2, 0.25) is 5.02 Å². The van der Waals surface area contributed by atoms with Crippen LogP contribution < -0.4 is 10.9 Å². The largest absolute Gasteiger partial charge is 0.469 e. The molecule has 0 atom stereocenters. The Morgan fingerprint density at radius 2 is 2.03 bits per heavy atom. The van der Waals surface area contributed by atoms with Crippen molar-refractivity contribution in [2.24, 2.45) is 0 Å². The standard InChI is InChI=1S/C20H21Cl2N3O4/c1-28-18(26)8-7-14-9-17(22)19-16(15(14)10-21)11-25(23-19)24-20(27)29-12-13-5-3-2-4-6-13/h2-6,9,23H,7-8,10-12H2,1H3,(H,24,27). The average Bonchev–Trinajstić information content (AvgIpc) is 3.15. The van der Waals surface area contributed by atoms with Gasteiger partial charge in [-0.3, -0.25) is 10.2 Å². The lowest BCUT2D eigenvalue weighted by atomic mass is 9.97. The molecule has 0 radical (unpaired) electrons. The van der Waals surface area contributed by atoms with Crippen LogP contribution in [0, 0.1) is 0 Å². The minimum Gasteiger partial charge on any atom is -0.469 e. The number of nitrogens with one attached hydrogen (secondary N) is 2. The van der Waals surface area contributed by atoms with Crippen molar-refractivity contribution in [1.29, 1.82) is 0 Å². The van der Waals surface area contributed by atoms with E-state index in [1.54, 1.807) is 6.07 Å². The van der Waals surface area contributed by atoms with E-state index in [0.717, 1.165) is 22.3 Å². The normalized spacial score (nSPS) is 12.8. The summed E-state index contributed by atoms with van der Waals surface area (Å²) in [6, 6.07) is 11.2. The Morgan fingerprint density at radius 3 is 2.72 bits per heavy atom. The molecule has 29 heavy (non-hydrogen) atoms. The predicted molar refractivity (Wildman–Crippen MR) is 110 cm³/mol. The van der Waals surface area contributed by atoms with Gasteiger partial charge >= 0.3 is 12.1 Å². The Labute approximate surface area is 178 Å². The van der Waals surface area contributed by atoms with Gasteiger partial charge in [0.25, 0.3) is 0 Å². The zero-order valence-electron chi connectivity index (χ0n) is 15.8. The van der Waals surface area contributed by atoms with Gasteiger partial charge in [-0.05, 0) is 29.2 Å². The van der Waals surface area contributed by atoms with Crippen LogP contribution in [0.1, 0.15) is 28.7 Å².